The van der Waals surface area contributed by atoms with E-state index in [9.17, 15) is 13.2 Å². The molecule has 0 aliphatic rings. The van der Waals surface area contributed by atoms with Gasteiger partial charge in [0, 0.05) is 7.05 Å². The zero-order valence-electron chi connectivity index (χ0n) is 12.5. The molecule has 0 aromatic heterocycles. The molecule has 0 radical (unpaired) electrons. The second kappa shape index (κ2) is 6.47. The lowest BCUT2D eigenvalue weighted by Gasteiger charge is -2.20. The van der Waals surface area contributed by atoms with Crippen LogP contribution in [-0.4, -0.2) is 28.5 Å². The third-order valence-corrected chi connectivity index (χ3v) is 5.41. The molecule has 0 spiro atoms. The average Bonchev–Trinajstić information content (AvgIpc) is 2.53. The smallest absolute Gasteiger partial charge is 0.264 e. The van der Waals surface area contributed by atoms with Crippen LogP contribution in [-0.2, 0) is 10.0 Å². The molecule has 2 aromatic carbocycles. The maximum atomic E-state index is 12.6. The first-order chi connectivity index (χ1) is 10.8. The molecule has 8 heteroatoms. The number of sulfonamides is 1. The molecule has 2 aromatic rings. The zero-order valence-corrected chi connectivity index (χ0v) is 14.1. The summed E-state index contributed by atoms with van der Waals surface area (Å²) < 4.78 is 31.3. The number of methoxy groups -OCH3 is 1. The molecule has 0 aliphatic heterocycles. The highest BCUT2D eigenvalue weighted by atomic mass is 35.5. The van der Waals surface area contributed by atoms with Crippen molar-refractivity contribution in [3.63, 3.8) is 0 Å². The number of halogens is 1. The van der Waals surface area contributed by atoms with Crippen LogP contribution < -0.4 is 14.8 Å². The largest absolute Gasteiger partial charge is 0.497 e. The molecule has 2 rings (SSSR count). The van der Waals surface area contributed by atoms with Gasteiger partial charge in [0.25, 0.3) is 10.0 Å². The Morgan fingerprint density at radius 3 is 2.26 bits per heavy atom. The lowest BCUT2D eigenvalue weighted by molar-refractivity contribution is 0.100. The van der Waals surface area contributed by atoms with Gasteiger partial charge in [0.1, 0.15) is 5.75 Å². The van der Waals surface area contributed by atoms with E-state index < -0.39 is 15.9 Å². The van der Waals surface area contributed by atoms with E-state index in [1.54, 1.807) is 12.1 Å². The number of hydrogen-bond acceptors (Lipinski definition) is 4. The average molecular weight is 355 g/mol. The number of nitrogens with two attached hydrogens (primary N) is 1. The molecule has 0 aliphatic carbocycles. The van der Waals surface area contributed by atoms with E-state index in [0.717, 1.165) is 4.31 Å². The molecule has 0 fully saturated rings. The number of ether oxygens (including phenoxy) is 1. The maximum Gasteiger partial charge on any atom is 0.264 e. The van der Waals surface area contributed by atoms with Crippen molar-refractivity contribution in [2.45, 2.75) is 4.90 Å². The minimum Gasteiger partial charge on any atom is -0.497 e. The van der Waals surface area contributed by atoms with Gasteiger partial charge in [-0.15, -0.1) is 0 Å². The summed E-state index contributed by atoms with van der Waals surface area (Å²) >= 11 is 5.97. The van der Waals surface area contributed by atoms with Gasteiger partial charge in [-0.05, 0) is 42.5 Å². The molecule has 0 atom stereocenters. The summed E-state index contributed by atoms with van der Waals surface area (Å²) in [6.45, 7) is 0. The number of nitrogens with zero attached hydrogens (tertiary/aromatic N) is 1. The summed E-state index contributed by atoms with van der Waals surface area (Å²) in [7, 11) is -0.868. The molecule has 23 heavy (non-hydrogen) atoms. The number of benzene rings is 2. The van der Waals surface area contributed by atoms with Gasteiger partial charge in [-0.2, -0.15) is 0 Å². The highest BCUT2D eigenvalue weighted by molar-refractivity contribution is 7.92. The van der Waals surface area contributed by atoms with Gasteiger partial charge in [0.05, 0.1) is 28.3 Å². The summed E-state index contributed by atoms with van der Waals surface area (Å²) in [5.74, 6) is -0.123. The van der Waals surface area contributed by atoms with Crippen molar-refractivity contribution in [1.82, 2.24) is 0 Å². The number of anilines is 1. The molecule has 0 bridgehead atoms. The zero-order chi connectivity index (χ0) is 17.2. The van der Waals surface area contributed by atoms with Crippen LogP contribution in [0.2, 0.25) is 5.02 Å². The SMILES string of the molecule is COc1ccc(S(=O)(=O)N(C)c2ccc(C(N)=O)c(Cl)c2)cc1. The van der Waals surface area contributed by atoms with Crippen LogP contribution >= 0.6 is 11.6 Å². The van der Waals surface area contributed by atoms with Crippen LogP contribution in [0.1, 0.15) is 10.4 Å². The summed E-state index contributed by atoms with van der Waals surface area (Å²) in [6.07, 6.45) is 0. The lowest BCUT2D eigenvalue weighted by Crippen LogP contribution is -2.26. The van der Waals surface area contributed by atoms with Gasteiger partial charge in [0.2, 0.25) is 5.91 Å². The van der Waals surface area contributed by atoms with E-state index in [-0.39, 0.29) is 15.5 Å². The van der Waals surface area contributed by atoms with Crippen molar-refractivity contribution in [2.75, 3.05) is 18.5 Å². The highest BCUT2D eigenvalue weighted by Gasteiger charge is 2.22. The second-order valence-corrected chi connectivity index (χ2v) is 7.05. The molecule has 2 N–H and O–H groups in total. The van der Waals surface area contributed by atoms with E-state index >= 15 is 0 Å². The fraction of sp³-hybridized carbons (Fsp3) is 0.133. The van der Waals surface area contributed by atoms with Crippen molar-refractivity contribution < 1.29 is 17.9 Å². The van der Waals surface area contributed by atoms with Crippen molar-refractivity contribution in [1.29, 1.82) is 0 Å². The van der Waals surface area contributed by atoms with Crippen LogP contribution in [0.4, 0.5) is 5.69 Å². The van der Waals surface area contributed by atoms with Crippen molar-refractivity contribution in [3.8, 4) is 5.75 Å². The molecule has 0 heterocycles. The summed E-state index contributed by atoms with van der Waals surface area (Å²) in [5.41, 5.74) is 5.62. The van der Waals surface area contributed by atoms with Gasteiger partial charge in [-0.1, -0.05) is 11.6 Å². The first-order valence-corrected chi connectivity index (χ1v) is 8.31. The second-order valence-electron chi connectivity index (χ2n) is 4.68. The quantitative estimate of drug-likeness (QED) is 0.891. The third-order valence-electron chi connectivity index (χ3n) is 3.30. The third kappa shape index (κ3) is 3.40. The number of hydrogen-bond donors (Lipinski definition) is 1. The van der Waals surface area contributed by atoms with E-state index in [1.807, 2.05) is 0 Å². The first-order valence-electron chi connectivity index (χ1n) is 6.49. The highest BCUT2D eigenvalue weighted by Crippen LogP contribution is 2.27. The van der Waals surface area contributed by atoms with Gasteiger partial charge in [0.15, 0.2) is 0 Å². The number of carbonyl (C=O) groups is 1. The fourth-order valence-corrected chi connectivity index (χ4v) is 3.40. The molecule has 0 unspecified atom stereocenters. The predicted octanol–water partition coefficient (Wildman–Crippen LogP) is 2.27. The number of carbonyl (C=O) groups excluding carboxylic acids is 1. The predicted molar refractivity (Wildman–Crippen MR) is 88.6 cm³/mol. The molecule has 0 saturated heterocycles. The van der Waals surface area contributed by atoms with Crippen LogP contribution in [0.25, 0.3) is 0 Å². The van der Waals surface area contributed by atoms with Crippen LogP contribution in [0.15, 0.2) is 47.4 Å². The maximum absolute atomic E-state index is 12.6. The Bertz CT molecular complexity index is 835. The normalized spacial score (nSPS) is 11.1. The summed E-state index contributed by atoms with van der Waals surface area (Å²) in [4.78, 5) is 11.3. The molecule has 0 saturated carbocycles. The number of amides is 1. The van der Waals surface area contributed by atoms with Gasteiger partial charge < -0.3 is 10.5 Å². The van der Waals surface area contributed by atoms with Gasteiger partial charge >= 0.3 is 0 Å². The Morgan fingerprint density at radius 1 is 1.17 bits per heavy atom. The minimum atomic E-state index is -3.76. The summed E-state index contributed by atoms with van der Waals surface area (Å²) in [6, 6.07) is 10.2. The molecule has 6 nitrogen and oxygen atoms in total. The Labute approximate surface area is 139 Å². The van der Waals surface area contributed by atoms with E-state index in [1.165, 1.54) is 44.5 Å². The standard InChI is InChI=1S/C15H15ClN2O4S/c1-18(10-3-8-13(15(17)19)14(16)9-10)23(20,21)12-6-4-11(22-2)5-7-12/h3-9H,1-2H3,(H2,17,19). The van der Waals surface area contributed by atoms with Crippen LogP contribution in [0, 0.1) is 0 Å². The lowest BCUT2D eigenvalue weighted by atomic mass is 10.2. The topological polar surface area (TPSA) is 89.7 Å². The van der Waals surface area contributed by atoms with E-state index in [4.69, 9.17) is 22.1 Å². The first kappa shape index (κ1) is 17.1. The molecular weight excluding hydrogens is 340 g/mol. The van der Waals surface area contributed by atoms with Crippen LogP contribution in [0.3, 0.4) is 0 Å². The van der Waals surface area contributed by atoms with E-state index in [0.29, 0.717) is 11.4 Å². The molecule has 122 valence electrons. The minimum absolute atomic E-state index is 0.0896. The number of rotatable bonds is 5. The Kier molecular flexibility index (Phi) is 4.82. The van der Waals surface area contributed by atoms with Crippen LogP contribution in [0.5, 0.6) is 5.75 Å². The van der Waals surface area contributed by atoms with E-state index in [2.05, 4.69) is 0 Å². The van der Waals surface area contributed by atoms with Crippen molar-refractivity contribution >= 4 is 33.2 Å². The Balaban J connectivity index is 2.39. The Hall–Kier alpha value is -2.25. The van der Waals surface area contributed by atoms with Gasteiger partial charge in [-0.3, -0.25) is 9.10 Å². The number of primary amides is 1. The van der Waals surface area contributed by atoms with Gasteiger partial charge in [-0.25, -0.2) is 8.42 Å². The molecule has 1 amide bonds. The van der Waals surface area contributed by atoms with Crippen molar-refractivity contribution in [3.05, 3.63) is 53.1 Å². The monoisotopic (exact) mass is 354 g/mol. The van der Waals surface area contributed by atoms with Crippen molar-refractivity contribution in [2.24, 2.45) is 5.73 Å². The fourth-order valence-electron chi connectivity index (χ4n) is 1.94. The Morgan fingerprint density at radius 2 is 1.78 bits per heavy atom. The summed E-state index contributed by atoms with van der Waals surface area (Å²) in [5, 5.41) is 0.0896. The molecular formula is C15H15ClN2O4S.